The van der Waals surface area contributed by atoms with Crippen molar-refractivity contribution >= 4 is 67.1 Å². The number of benzene rings is 4. The van der Waals surface area contributed by atoms with Gasteiger partial charge in [0.15, 0.2) is 0 Å². The van der Waals surface area contributed by atoms with Crippen molar-refractivity contribution in [3.8, 4) is 11.5 Å². The number of methoxy groups -OCH3 is 1. The Morgan fingerprint density at radius 1 is 1.03 bits per heavy atom. The van der Waals surface area contributed by atoms with Gasteiger partial charge in [-0.1, -0.05) is 60.1 Å². The Labute approximate surface area is 256 Å². The van der Waals surface area contributed by atoms with Crippen LogP contribution in [0.1, 0.15) is 22.8 Å². The van der Waals surface area contributed by atoms with Crippen LogP contribution in [0.3, 0.4) is 0 Å². The summed E-state index contributed by atoms with van der Waals surface area (Å²) in [6.07, 6.45) is 0.315. The zero-order valence-electron chi connectivity index (χ0n) is 21.0. The standard InChI is InChI=1S/C26H21Cl2N3O6S.Na/c1-3-14-10-17(38(34,35)36)13-21(28)23(14)30-31-24-18-7-5-4-6-15(18)11-19(25(24)32)26(33)29-16-8-9-22(37-2)20(27)12-16;/h4-13,32H,3H2,1-2H3,(H,29,33)(H,34,35,36);/q;+1/p-1. The number of nitrogens with zero attached hydrogens (tertiary/aromatic N) is 2. The number of hydrogen-bond donors (Lipinski definition) is 2. The first-order valence-corrected chi connectivity index (χ1v) is 13.3. The Balaban J connectivity index is 0.00000420. The summed E-state index contributed by atoms with van der Waals surface area (Å²) in [5.41, 5.74) is 0.602. The zero-order valence-corrected chi connectivity index (χ0v) is 25.4. The van der Waals surface area contributed by atoms with E-state index in [2.05, 4.69) is 15.5 Å². The molecule has 4 rings (SSSR count). The number of azo groups is 1. The number of nitrogens with one attached hydrogen (secondary N) is 1. The van der Waals surface area contributed by atoms with E-state index in [1.807, 2.05) is 0 Å². The molecule has 2 N–H and O–H groups in total. The van der Waals surface area contributed by atoms with Gasteiger partial charge >= 0.3 is 29.6 Å². The third-order valence-electron chi connectivity index (χ3n) is 5.67. The minimum atomic E-state index is -4.49. The van der Waals surface area contributed by atoms with E-state index in [1.54, 1.807) is 43.3 Å². The fraction of sp³-hybridized carbons (Fsp3) is 0.115. The van der Waals surface area contributed by atoms with Crippen LogP contribution in [0.2, 0.25) is 10.0 Å². The average Bonchev–Trinajstić information content (AvgIpc) is 2.87. The Kier molecular flexibility index (Phi) is 10.0. The van der Waals surface area contributed by atoms with Gasteiger partial charge in [0.25, 0.3) is 16.0 Å². The molecule has 0 bridgehead atoms. The largest absolute Gasteiger partial charge is 1.00 e. The molecule has 0 heterocycles. The van der Waals surface area contributed by atoms with Gasteiger partial charge in [0.1, 0.15) is 11.4 Å². The minimum absolute atomic E-state index is 0. The third kappa shape index (κ3) is 6.72. The van der Waals surface area contributed by atoms with Crippen LogP contribution in [0.15, 0.2) is 75.8 Å². The predicted molar refractivity (Wildman–Crippen MR) is 144 cm³/mol. The van der Waals surface area contributed by atoms with Crippen LogP contribution in [-0.2, 0) is 16.5 Å². The second-order valence-corrected chi connectivity index (χ2v) is 10.3. The first-order chi connectivity index (χ1) is 18.0. The van der Waals surface area contributed by atoms with Gasteiger partial charge in [-0.15, -0.1) is 5.11 Å². The maximum Gasteiger partial charge on any atom is 1.00 e. The summed E-state index contributed by atoms with van der Waals surface area (Å²) in [5, 5.41) is 25.6. The van der Waals surface area contributed by atoms with E-state index in [4.69, 9.17) is 27.9 Å². The predicted octanol–water partition coefficient (Wildman–Crippen LogP) is 3.71. The number of halogens is 2. The van der Waals surface area contributed by atoms with Crippen molar-refractivity contribution in [2.24, 2.45) is 10.2 Å². The van der Waals surface area contributed by atoms with Gasteiger partial charge in [0, 0.05) is 16.6 Å². The molecule has 4 aromatic rings. The number of anilines is 1. The monoisotopic (exact) mass is 595 g/mol. The van der Waals surface area contributed by atoms with Crippen LogP contribution in [0.5, 0.6) is 11.5 Å². The molecule has 1 amide bonds. The van der Waals surface area contributed by atoms with Gasteiger partial charge in [-0.25, -0.2) is 0 Å². The third-order valence-corrected chi connectivity index (χ3v) is 7.09. The van der Waals surface area contributed by atoms with E-state index in [0.29, 0.717) is 34.2 Å². The Bertz CT molecular complexity index is 1710. The second-order valence-electron chi connectivity index (χ2n) is 8.07. The number of hydrogen-bond acceptors (Lipinski definition) is 7. The van der Waals surface area contributed by atoms with Crippen molar-refractivity contribution in [2.75, 3.05) is 12.4 Å². The van der Waals surface area contributed by atoms with E-state index < -0.39 is 21.8 Å². The number of ether oxygens (including phenoxy) is 1. The molecule has 4 aromatic carbocycles. The number of amides is 1. The molecule has 0 atom stereocenters. The average molecular weight is 596 g/mol. The van der Waals surface area contributed by atoms with E-state index >= 15 is 0 Å². The van der Waals surface area contributed by atoms with E-state index in [9.17, 15) is 22.9 Å². The number of carbonyl (C=O) groups is 1. The summed E-state index contributed by atoms with van der Waals surface area (Å²) in [6.45, 7) is 1.74. The molecule has 13 heteroatoms. The van der Waals surface area contributed by atoms with Crippen LogP contribution in [0, 0.1) is 0 Å². The Morgan fingerprint density at radius 3 is 2.36 bits per heavy atom. The topological polar surface area (TPSA) is 140 Å². The molecule has 0 saturated carbocycles. The number of fused-ring (bicyclic) bond motifs is 1. The molecular weight excluding hydrogens is 576 g/mol. The first kappa shape index (κ1) is 30.8. The van der Waals surface area contributed by atoms with Crippen molar-refractivity contribution in [1.29, 1.82) is 0 Å². The number of carbonyl (C=O) groups excluding carboxylic acids is 1. The van der Waals surface area contributed by atoms with Gasteiger partial charge in [-0.3, -0.25) is 9.35 Å². The van der Waals surface area contributed by atoms with Crippen LogP contribution in [0.4, 0.5) is 17.1 Å². The SMILES string of the molecule is CCc1cc(S(=O)(=O)O)cc(Cl)c1N=Nc1c([O-])c(C(=O)Nc2ccc(OC)c(Cl)c2)cc2ccccc12.[Na+]. The molecule has 0 aliphatic carbocycles. The van der Waals surface area contributed by atoms with Crippen LogP contribution >= 0.6 is 23.2 Å². The Morgan fingerprint density at radius 2 is 1.72 bits per heavy atom. The van der Waals surface area contributed by atoms with Crippen molar-refractivity contribution in [2.45, 2.75) is 18.2 Å². The Hall–Kier alpha value is -2.70. The summed E-state index contributed by atoms with van der Waals surface area (Å²) in [5.74, 6) is -0.922. The molecule has 0 aliphatic rings. The number of rotatable bonds is 7. The molecule has 9 nitrogen and oxygen atoms in total. The van der Waals surface area contributed by atoms with Gasteiger partial charge in [-0.2, -0.15) is 13.5 Å². The zero-order chi connectivity index (χ0) is 27.6. The summed E-state index contributed by atoms with van der Waals surface area (Å²) < 4.78 is 37.6. The fourth-order valence-electron chi connectivity index (χ4n) is 3.78. The van der Waals surface area contributed by atoms with Crippen LogP contribution in [0.25, 0.3) is 10.8 Å². The van der Waals surface area contributed by atoms with Gasteiger partial charge in [0.2, 0.25) is 0 Å². The van der Waals surface area contributed by atoms with Gasteiger partial charge in [0.05, 0.1) is 27.7 Å². The molecule has 0 fully saturated rings. The summed E-state index contributed by atoms with van der Waals surface area (Å²) in [6, 6.07) is 15.2. The maximum absolute atomic E-state index is 13.4. The number of aryl methyl sites for hydroxylation is 1. The quantitative estimate of drug-likeness (QED) is 0.189. The van der Waals surface area contributed by atoms with Crippen LogP contribution in [-0.4, -0.2) is 26.0 Å². The van der Waals surface area contributed by atoms with Crippen molar-refractivity contribution in [3.05, 3.63) is 81.8 Å². The molecule has 39 heavy (non-hydrogen) atoms. The summed E-state index contributed by atoms with van der Waals surface area (Å²) in [4.78, 5) is 12.7. The molecule has 0 spiro atoms. The molecule has 0 aliphatic heterocycles. The molecule has 0 radical (unpaired) electrons. The molecule has 196 valence electrons. The first-order valence-electron chi connectivity index (χ1n) is 11.1. The normalized spacial score (nSPS) is 11.4. The maximum atomic E-state index is 13.4. The summed E-state index contributed by atoms with van der Waals surface area (Å²) in [7, 11) is -3.03. The summed E-state index contributed by atoms with van der Waals surface area (Å²) >= 11 is 12.4. The van der Waals surface area contributed by atoms with Gasteiger partial charge in [-0.05, 0) is 53.8 Å². The second kappa shape index (κ2) is 12.6. The van der Waals surface area contributed by atoms with Crippen molar-refractivity contribution in [1.82, 2.24) is 0 Å². The molecular formula is C26H20Cl2N3NaO6S. The van der Waals surface area contributed by atoms with E-state index in [0.717, 1.165) is 6.07 Å². The van der Waals surface area contributed by atoms with E-state index in [1.165, 1.54) is 25.3 Å². The van der Waals surface area contributed by atoms with Gasteiger partial charge < -0.3 is 15.2 Å². The van der Waals surface area contributed by atoms with Crippen molar-refractivity contribution in [3.63, 3.8) is 0 Å². The van der Waals surface area contributed by atoms with E-state index in [-0.39, 0.29) is 61.4 Å². The smallest absolute Gasteiger partial charge is 0.870 e. The van der Waals surface area contributed by atoms with Crippen molar-refractivity contribution < 1.29 is 57.2 Å². The fourth-order valence-corrected chi connectivity index (χ4v) is 4.94. The molecule has 0 saturated heterocycles. The molecule has 0 aromatic heterocycles. The molecule has 0 unspecified atom stereocenters. The minimum Gasteiger partial charge on any atom is -0.870 e. The van der Waals surface area contributed by atoms with Crippen LogP contribution < -0.4 is 44.7 Å².